The summed E-state index contributed by atoms with van der Waals surface area (Å²) < 4.78 is 13.0. The van der Waals surface area contributed by atoms with E-state index < -0.39 is 0 Å². The fourth-order valence-electron chi connectivity index (χ4n) is 3.85. The van der Waals surface area contributed by atoms with Crippen LogP contribution < -0.4 is 5.32 Å². The van der Waals surface area contributed by atoms with Gasteiger partial charge in [0.15, 0.2) is 0 Å². The van der Waals surface area contributed by atoms with E-state index in [0.717, 1.165) is 57.7 Å². The average Bonchev–Trinajstić information content (AvgIpc) is 2.73. The molecule has 2 heterocycles. The number of hydrogen-bond acceptors (Lipinski definition) is 4. The van der Waals surface area contributed by atoms with Crippen LogP contribution in [0.2, 0.25) is 0 Å². The monoisotopic (exact) mass is 390 g/mol. The molecule has 2 fully saturated rings. The van der Waals surface area contributed by atoms with Gasteiger partial charge < -0.3 is 10.2 Å². The van der Waals surface area contributed by atoms with E-state index in [1.165, 1.54) is 18.6 Å². The van der Waals surface area contributed by atoms with E-state index in [9.17, 15) is 14.0 Å². The van der Waals surface area contributed by atoms with E-state index in [2.05, 4.69) is 15.1 Å². The zero-order chi connectivity index (χ0) is 19.9. The molecule has 0 aliphatic carbocycles. The first-order valence-corrected chi connectivity index (χ1v) is 10.3. The molecule has 0 aromatic heterocycles. The van der Waals surface area contributed by atoms with Crippen LogP contribution in [0.5, 0.6) is 0 Å². The van der Waals surface area contributed by atoms with Crippen molar-refractivity contribution >= 4 is 11.8 Å². The lowest BCUT2D eigenvalue weighted by atomic mass is 10.1. The van der Waals surface area contributed by atoms with Gasteiger partial charge in [-0.2, -0.15) is 0 Å². The summed E-state index contributed by atoms with van der Waals surface area (Å²) in [6, 6.07) is 5.93. The lowest BCUT2D eigenvalue weighted by molar-refractivity contribution is -0.134. The number of likely N-dealkylation sites (tertiary alicyclic amines) is 1. The third-order valence-corrected chi connectivity index (χ3v) is 5.78. The van der Waals surface area contributed by atoms with E-state index in [1.54, 1.807) is 12.1 Å². The van der Waals surface area contributed by atoms with Crippen molar-refractivity contribution in [3.05, 3.63) is 35.6 Å². The van der Waals surface area contributed by atoms with Crippen molar-refractivity contribution in [2.24, 2.45) is 0 Å². The maximum absolute atomic E-state index is 13.0. The van der Waals surface area contributed by atoms with Crippen LogP contribution in [0.25, 0.3) is 0 Å². The molecule has 2 aliphatic heterocycles. The minimum Gasteiger partial charge on any atom is -0.351 e. The molecule has 1 N–H and O–H groups in total. The van der Waals surface area contributed by atoms with Crippen LogP contribution in [-0.4, -0.2) is 78.4 Å². The van der Waals surface area contributed by atoms with Crippen LogP contribution in [-0.2, 0) is 16.1 Å². The number of piperidine rings is 1. The van der Waals surface area contributed by atoms with Gasteiger partial charge in [0.2, 0.25) is 11.8 Å². The molecule has 1 aromatic carbocycles. The highest BCUT2D eigenvalue weighted by atomic mass is 19.1. The fraction of sp³-hybridized carbons (Fsp3) is 0.619. The van der Waals surface area contributed by atoms with Gasteiger partial charge in [0.1, 0.15) is 5.82 Å². The fourth-order valence-corrected chi connectivity index (χ4v) is 3.85. The first kappa shape index (κ1) is 20.7. The number of carbonyl (C=O) groups excluding carboxylic acids is 2. The number of nitrogens with zero attached hydrogens (tertiary/aromatic N) is 3. The Kier molecular flexibility index (Phi) is 7.39. The Morgan fingerprint density at radius 2 is 1.64 bits per heavy atom. The molecule has 1 atom stereocenters. The normalized spacial score (nSPS) is 20.0. The lowest BCUT2D eigenvalue weighted by Crippen LogP contribution is -2.55. The second-order valence-electron chi connectivity index (χ2n) is 7.77. The third kappa shape index (κ3) is 5.75. The highest BCUT2D eigenvalue weighted by Crippen LogP contribution is 2.11. The second-order valence-corrected chi connectivity index (χ2v) is 7.77. The molecule has 7 heteroatoms. The summed E-state index contributed by atoms with van der Waals surface area (Å²) in [4.78, 5) is 31.2. The van der Waals surface area contributed by atoms with Gasteiger partial charge >= 0.3 is 0 Å². The van der Waals surface area contributed by atoms with Crippen LogP contribution in [0, 0.1) is 5.82 Å². The van der Waals surface area contributed by atoms with E-state index in [0.29, 0.717) is 13.1 Å². The van der Waals surface area contributed by atoms with Gasteiger partial charge in [0.05, 0.1) is 12.6 Å². The number of amides is 2. The Labute approximate surface area is 166 Å². The van der Waals surface area contributed by atoms with Crippen molar-refractivity contribution in [2.75, 3.05) is 45.8 Å². The van der Waals surface area contributed by atoms with Crippen LogP contribution >= 0.6 is 0 Å². The Hall–Kier alpha value is -1.99. The molecule has 3 rings (SSSR count). The van der Waals surface area contributed by atoms with Crippen LogP contribution in [0.1, 0.15) is 31.7 Å². The highest BCUT2D eigenvalue weighted by molar-refractivity contribution is 5.81. The summed E-state index contributed by atoms with van der Waals surface area (Å²) >= 11 is 0. The molecular weight excluding hydrogens is 359 g/mol. The van der Waals surface area contributed by atoms with Crippen molar-refractivity contribution in [3.8, 4) is 0 Å². The van der Waals surface area contributed by atoms with Gasteiger partial charge in [-0.3, -0.25) is 19.4 Å². The van der Waals surface area contributed by atoms with Gasteiger partial charge in [-0.15, -0.1) is 0 Å². The molecule has 0 radical (unpaired) electrons. The SMILES string of the molecule is C[C@H](C(=O)NCc1ccc(F)cc1)N1CCN(CC(=O)N2CCCCC2)CC1. The Morgan fingerprint density at radius 1 is 1.00 bits per heavy atom. The number of carbonyl (C=O) groups is 2. The van der Waals surface area contributed by atoms with Crippen molar-refractivity contribution in [1.29, 1.82) is 0 Å². The molecule has 0 bridgehead atoms. The summed E-state index contributed by atoms with van der Waals surface area (Å²) in [5.74, 6) is -0.0690. The van der Waals surface area contributed by atoms with Crippen molar-refractivity contribution in [1.82, 2.24) is 20.0 Å². The molecule has 0 saturated carbocycles. The summed E-state index contributed by atoms with van der Waals surface area (Å²) in [6.45, 7) is 7.73. The molecule has 154 valence electrons. The third-order valence-electron chi connectivity index (χ3n) is 5.78. The Morgan fingerprint density at radius 3 is 2.29 bits per heavy atom. The Bertz CT molecular complexity index is 653. The standard InChI is InChI=1S/C21H31FN4O2/c1-17(21(28)23-15-18-5-7-19(22)8-6-18)25-13-11-24(12-14-25)16-20(27)26-9-3-2-4-10-26/h5-8,17H,2-4,9-16H2,1H3,(H,23,28)/t17-/m1/s1. The van der Waals surface area contributed by atoms with Gasteiger partial charge in [-0.1, -0.05) is 12.1 Å². The number of piperazine rings is 1. The van der Waals surface area contributed by atoms with E-state index in [1.807, 2.05) is 11.8 Å². The molecule has 2 amide bonds. The molecule has 28 heavy (non-hydrogen) atoms. The summed E-state index contributed by atoms with van der Waals surface area (Å²) in [5, 5.41) is 2.92. The van der Waals surface area contributed by atoms with Crippen molar-refractivity contribution in [2.45, 2.75) is 38.8 Å². The Balaban J connectivity index is 1.39. The first-order valence-electron chi connectivity index (χ1n) is 10.3. The van der Waals surface area contributed by atoms with Crippen molar-refractivity contribution < 1.29 is 14.0 Å². The summed E-state index contributed by atoms with van der Waals surface area (Å²) in [5.41, 5.74) is 0.878. The number of hydrogen-bond donors (Lipinski definition) is 1. The topological polar surface area (TPSA) is 55.9 Å². The van der Waals surface area contributed by atoms with Crippen LogP contribution in [0.4, 0.5) is 4.39 Å². The zero-order valence-electron chi connectivity index (χ0n) is 16.7. The minimum atomic E-state index is -0.278. The summed E-state index contributed by atoms with van der Waals surface area (Å²) in [7, 11) is 0. The minimum absolute atomic E-state index is 0.0258. The predicted octanol–water partition coefficient (Wildman–Crippen LogP) is 1.46. The molecule has 2 saturated heterocycles. The van der Waals surface area contributed by atoms with Gasteiger partial charge in [-0.05, 0) is 43.9 Å². The van der Waals surface area contributed by atoms with E-state index in [-0.39, 0.29) is 23.7 Å². The number of halogens is 1. The van der Waals surface area contributed by atoms with Gasteiger partial charge in [0.25, 0.3) is 0 Å². The quantitative estimate of drug-likeness (QED) is 0.799. The first-order chi connectivity index (χ1) is 13.5. The molecular formula is C21H31FN4O2. The second kappa shape index (κ2) is 9.98. The molecule has 2 aliphatic rings. The maximum Gasteiger partial charge on any atom is 0.237 e. The molecule has 0 spiro atoms. The lowest BCUT2D eigenvalue weighted by Gasteiger charge is -2.38. The largest absolute Gasteiger partial charge is 0.351 e. The van der Waals surface area contributed by atoms with Gasteiger partial charge in [-0.25, -0.2) is 4.39 Å². The molecule has 0 unspecified atom stereocenters. The highest BCUT2D eigenvalue weighted by Gasteiger charge is 2.27. The van der Waals surface area contributed by atoms with E-state index in [4.69, 9.17) is 0 Å². The predicted molar refractivity (Wildman–Crippen MR) is 106 cm³/mol. The average molecular weight is 391 g/mol. The summed E-state index contributed by atoms with van der Waals surface area (Å²) in [6.07, 6.45) is 3.46. The smallest absolute Gasteiger partial charge is 0.237 e. The molecule has 1 aromatic rings. The maximum atomic E-state index is 13.0. The zero-order valence-corrected chi connectivity index (χ0v) is 16.7. The number of benzene rings is 1. The number of rotatable bonds is 6. The van der Waals surface area contributed by atoms with Crippen molar-refractivity contribution in [3.63, 3.8) is 0 Å². The van der Waals surface area contributed by atoms with Gasteiger partial charge in [0, 0.05) is 45.8 Å². The van der Waals surface area contributed by atoms with Crippen LogP contribution in [0.3, 0.4) is 0 Å². The number of nitrogens with one attached hydrogen (secondary N) is 1. The van der Waals surface area contributed by atoms with Crippen LogP contribution in [0.15, 0.2) is 24.3 Å². The molecule has 6 nitrogen and oxygen atoms in total. The van der Waals surface area contributed by atoms with E-state index >= 15 is 0 Å².